The van der Waals surface area contributed by atoms with Gasteiger partial charge in [-0.05, 0) is 13.8 Å². The van der Waals surface area contributed by atoms with E-state index in [9.17, 15) is 14.4 Å². The molecule has 0 saturated heterocycles. The molecule has 0 aliphatic carbocycles. The van der Waals surface area contributed by atoms with Crippen molar-refractivity contribution in [1.82, 2.24) is 15.6 Å². The van der Waals surface area contributed by atoms with Gasteiger partial charge in [-0.3, -0.25) is 10.1 Å². The quantitative estimate of drug-likeness (QED) is 0.714. The number of urea groups is 1. The van der Waals surface area contributed by atoms with Gasteiger partial charge >= 0.3 is 12.0 Å². The van der Waals surface area contributed by atoms with E-state index in [1.54, 1.807) is 6.92 Å². The van der Waals surface area contributed by atoms with Crippen molar-refractivity contribution in [3.8, 4) is 0 Å². The summed E-state index contributed by atoms with van der Waals surface area (Å²) in [5.74, 6) is -2.07. The summed E-state index contributed by atoms with van der Waals surface area (Å²) >= 11 is 1.40. The largest absolute Gasteiger partial charge is 0.478 e. The number of aliphatic carboxylic acids is 1. The van der Waals surface area contributed by atoms with Crippen LogP contribution in [0.5, 0.6) is 0 Å². The molecule has 0 aliphatic heterocycles. The Morgan fingerprint density at radius 2 is 2.11 bits per heavy atom. The van der Waals surface area contributed by atoms with Crippen LogP contribution in [0.15, 0.2) is 17.5 Å². The molecule has 3 amide bonds. The van der Waals surface area contributed by atoms with Gasteiger partial charge in [-0.15, -0.1) is 11.3 Å². The molecule has 1 rings (SSSR count). The van der Waals surface area contributed by atoms with Crippen molar-refractivity contribution in [1.29, 1.82) is 0 Å². The van der Waals surface area contributed by atoms with Gasteiger partial charge in [0.05, 0.1) is 6.04 Å². The van der Waals surface area contributed by atoms with Gasteiger partial charge in [-0.1, -0.05) is 0 Å². The molecule has 0 fully saturated rings. The van der Waals surface area contributed by atoms with Crippen molar-refractivity contribution in [2.75, 3.05) is 0 Å². The minimum absolute atomic E-state index is 0.338. The minimum atomic E-state index is -1.26. The molecule has 0 radical (unpaired) electrons. The summed E-state index contributed by atoms with van der Waals surface area (Å²) in [6.45, 7) is 3.57. The third kappa shape index (κ3) is 5.30. The zero-order valence-electron chi connectivity index (χ0n) is 10.3. The maximum Gasteiger partial charge on any atom is 0.328 e. The average Bonchev–Trinajstić information content (AvgIpc) is 2.73. The van der Waals surface area contributed by atoms with Crippen molar-refractivity contribution >= 4 is 29.2 Å². The maximum atomic E-state index is 11.4. The van der Waals surface area contributed by atoms with Crippen LogP contribution >= 0.6 is 11.3 Å². The van der Waals surface area contributed by atoms with Gasteiger partial charge in [-0.25, -0.2) is 14.6 Å². The highest BCUT2D eigenvalue weighted by Crippen LogP contribution is 2.16. The number of carbonyl (C=O) groups is 3. The summed E-state index contributed by atoms with van der Waals surface area (Å²) in [6.07, 6.45) is 1.41. The summed E-state index contributed by atoms with van der Waals surface area (Å²) < 4.78 is 0. The molecule has 0 bridgehead atoms. The fourth-order valence-electron chi connectivity index (χ4n) is 1.17. The number of aryl methyl sites for hydroxylation is 1. The van der Waals surface area contributed by atoms with Crippen LogP contribution in [-0.2, 0) is 9.59 Å². The van der Waals surface area contributed by atoms with Gasteiger partial charge in [0, 0.05) is 23.2 Å². The molecule has 7 nitrogen and oxygen atoms in total. The van der Waals surface area contributed by atoms with Crippen LogP contribution in [-0.4, -0.2) is 28.0 Å². The number of carboxylic acid groups (broad SMARTS) is 1. The standard InChI is InChI=1S/C11H13N3O4S/c1-6-5-19-10(12-6)7(2)13-11(18)14-8(15)3-4-9(16)17/h3-5,7H,1-2H3,(H,16,17)(H2,13,14,15,18). The molecule has 19 heavy (non-hydrogen) atoms. The normalized spacial score (nSPS) is 12.1. The van der Waals surface area contributed by atoms with Gasteiger partial charge < -0.3 is 10.4 Å². The monoisotopic (exact) mass is 283 g/mol. The number of carbonyl (C=O) groups excluding carboxylic acids is 2. The van der Waals surface area contributed by atoms with Crippen LogP contribution in [0.2, 0.25) is 0 Å². The third-order valence-electron chi connectivity index (χ3n) is 1.97. The number of rotatable bonds is 4. The summed E-state index contributed by atoms with van der Waals surface area (Å²) in [5.41, 5.74) is 0.856. The highest BCUT2D eigenvalue weighted by molar-refractivity contribution is 7.09. The van der Waals surface area contributed by atoms with E-state index < -0.39 is 17.9 Å². The van der Waals surface area contributed by atoms with E-state index in [2.05, 4.69) is 10.3 Å². The molecule has 1 aromatic heterocycles. The SMILES string of the molecule is Cc1csc(C(C)NC(=O)NC(=O)C=CC(=O)O)n1. The Labute approximate surface area is 113 Å². The number of carboxylic acids is 1. The topological polar surface area (TPSA) is 108 Å². The Balaban J connectivity index is 2.47. The van der Waals surface area contributed by atoms with Gasteiger partial charge in [0.15, 0.2) is 0 Å². The van der Waals surface area contributed by atoms with E-state index in [1.165, 1.54) is 11.3 Å². The molecule has 1 aromatic rings. The second-order valence-corrected chi connectivity index (χ2v) is 4.57. The van der Waals surface area contributed by atoms with Crippen molar-refractivity contribution in [2.24, 2.45) is 0 Å². The predicted molar refractivity (Wildman–Crippen MR) is 68.7 cm³/mol. The number of hydrogen-bond donors (Lipinski definition) is 3. The Kier molecular flexibility index (Phi) is 5.19. The zero-order valence-corrected chi connectivity index (χ0v) is 11.2. The summed E-state index contributed by atoms with van der Waals surface area (Å²) in [4.78, 5) is 37.0. The van der Waals surface area contributed by atoms with E-state index in [-0.39, 0.29) is 6.04 Å². The molecule has 102 valence electrons. The first-order chi connectivity index (χ1) is 8.88. The van der Waals surface area contributed by atoms with E-state index in [1.807, 2.05) is 17.6 Å². The molecule has 1 heterocycles. The van der Waals surface area contributed by atoms with Crippen LogP contribution in [0.1, 0.15) is 23.7 Å². The fourth-order valence-corrected chi connectivity index (χ4v) is 1.97. The number of nitrogens with zero attached hydrogens (tertiary/aromatic N) is 1. The molecule has 3 N–H and O–H groups in total. The lowest BCUT2D eigenvalue weighted by molar-refractivity contribution is -0.131. The highest BCUT2D eigenvalue weighted by atomic mass is 32.1. The molecule has 0 aliphatic rings. The number of nitrogens with one attached hydrogen (secondary N) is 2. The lowest BCUT2D eigenvalue weighted by atomic mass is 10.3. The van der Waals surface area contributed by atoms with Gasteiger partial charge in [0.25, 0.3) is 5.91 Å². The Hall–Kier alpha value is -2.22. The molecule has 0 saturated carbocycles. The molecular weight excluding hydrogens is 270 g/mol. The number of aromatic nitrogens is 1. The smallest absolute Gasteiger partial charge is 0.328 e. The van der Waals surface area contributed by atoms with Gasteiger partial charge in [0.1, 0.15) is 5.01 Å². The second-order valence-electron chi connectivity index (χ2n) is 3.68. The van der Waals surface area contributed by atoms with E-state index in [0.717, 1.165) is 16.8 Å². The van der Waals surface area contributed by atoms with Crippen LogP contribution in [0.25, 0.3) is 0 Å². The number of thiazole rings is 1. The lowest BCUT2D eigenvalue weighted by Crippen LogP contribution is -2.39. The van der Waals surface area contributed by atoms with Gasteiger partial charge in [-0.2, -0.15) is 0 Å². The predicted octanol–water partition coefficient (Wildman–Crippen LogP) is 0.979. The molecule has 0 spiro atoms. The zero-order chi connectivity index (χ0) is 14.4. The first kappa shape index (κ1) is 14.8. The Bertz CT molecular complexity index is 524. The lowest BCUT2D eigenvalue weighted by Gasteiger charge is -2.10. The van der Waals surface area contributed by atoms with Crippen molar-refractivity contribution in [3.63, 3.8) is 0 Å². The summed E-state index contributed by atoms with van der Waals surface area (Å²) in [5, 5.41) is 15.4. The summed E-state index contributed by atoms with van der Waals surface area (Å²) in [6, 6.07) is -1.05. The van der Waals surface area contributed by atoms with Gasteiger partial charge in [0.2, 0.25) is 0 Å². The fraction of sp³-hybridized carbons (Fsp3) is 0.273. The van der Waals surface area contributed by atoms with Crippen molar-refractivity contribution in [2.45, 2.75) is 19.9 Å². The third-order valence-corrected chi connectivity index (χ3v) is 3.11. The van der Waals surface area contributed by atoms with Crippen LogP contribution in [0.3, 0.4) is 0 Å². The Morgan fingerprint density at radius 3 is 2.63 bits per heavy atom. The molecule has 1 unspecified atom stereocenters. The van der Waals surface area contributed by atoms with Crippen molar-refractivity contribution < 1.29 is 19.5 Å². The Morgan fingerprint density at radius 1 is 1.42 bits per heavy atom. The van der Waals surface area contributed by atoms with E-state index in [4.69, 9.17) is 5.11 Å². The number of imide groups is 1. The number of hydrogen-bond acceptors (Lipinski definition) is 5. The molecular formula is C11H13N3O4S. The highest BCUT2D eigenvalue weighted by Gasteiger charge is 2.13. The van der Waals surface area contributed by atoms with Crippen LogP contribution in [0.4, 0.5) is 4.79 Å². The minimum Gasteiger partial charge on any atom is -0.478 e. The molecule has 0 aromatic carbocycles. The van der Waals surface area contributed by atoms with E-state index >= 15 is 0 Å². The maximum absolute atomic E-state index is 11.4. The molecule has 8 heteroatoms. The van der Waals surface area contributed by atoms with Crippen LogP contribution in [0, 0.1) is 6.92 Å². The van der Waals surface area contributed by atoms with Crippen LogP contribution < -0.4 is 10.6 Å². The van der Waals surface area contributed by atoms with Crippen molar-refractivity contribution in [3.05, 3.63) is 28.2 Å². The van der Waals surface area contributed by atoms with E-state index in [0.29, 0.717) is 6.08 Å². The summed E-state index contributed by atoms with van der Waals surface area (Å²) in [7, 11) is 0. The average molecular weight is 283 g/mol. The first-order valence-corrected chi connectivity index (χ1v) is 6.21. The number of amides is 3. The molecule has 1 atom stereocenters. The second kappa shape index (κ2) is 6.64. The first-order valence-electron chi connectivity index (χ1n) is 5.33.